The molecule has 0 bridgehead atoms. The van der Waals surface area contributed by atoms with Gasteiger partial charge in [-0.1, -0.05) is 76.2 Å². The van der Waals surface area contributed by atoms with E-state index in [1.54, 1.807) is 0 Å². The molecular weight excluding hydrogens is 488 g/mol. The molecule has 0 aromatic heterocycles. The van der Waals surface area contributed by atoms with Gasteiger partial charge in [0.2, 0.25) is 11.8 Å². The third-order valence-corrected chi connectivity index (χ3v) is 8.39. The van der Waals surface area contributed by atoms with E-state index in [0.29, 0.717) is 18.1 Å². The first kappa shape index (κ1) is 31.2. The minimum absolute atomic E-state index is 0.0714. The van der Waals surface area contributed by atoms with Crippen molar-refractivity contribution in [3.05, 3.63) is 24.3 Å². The van der Waals surface area contributed by atoms with Crippen molar-refractivity contribution in [2.24, 2.45) is 0 Å². The second kappa shape index (κ2) is 19.1. The van der Waals surface area contributed by atoms with E-state index in [1.165, 1.54) is 12.8 Å². The molecule has 2 aliphatic heterocycles. The van der Waals surface area contributed by atoms with Gasteiger partial charge in [-0.25, -0.2) is 4.79 Å². The second-order valence-corrected chi connectivity index (χ2v) is 11.4. The predicted octanol–water partition coefficient (Wildman–Crippen LogP) is 4.64. The van der Waals surface area contributed by atoms with Crippen molar-refractivity contribution < 1.29 is 19.5 Å². The Hall–Kier alpha value is -2.00. The van der Waals surface area contributed by atoms with Gasteiger partial charge in [-0.15, -0.1) is 0 Å². The molecule has 5 N–H and O–H groups in total. The lowest BCUT2D eigenvalue weighted by Crippen LogP contribution is -2.41. The zero-order valence-electron chi connectivity index (χ0n) is 22.5. The lowest BCUT2D eigenvalue weighted by molar-refractivity contribution is -0.129. The Bertz CT molecular complexity index is 746. The average Bonchev–Trinajstić information content (AvgIpc) is 3.43. The van der Waals surface area contributed by atoms with Crippen LogP contribution < -0.4 is 21.5 Å². The van der Waals surface area contributed by atoms with Crippen molar-refractivity contribution in [3.8, 4) is 0 Å². The molecule has 0 aliphatic carbocycles. The van der Waals surface area contributed by atoms with Crippen molar-refractivity contribution in [2.75, 3.05) is 5.75 Å². The van der Waals surface area contributed by atoms with Gasteiger partial charge in [0.15, 0.2) is 0 Å². The molecule has 9 heteroatoms. The Morgan fingerprint density at radius 3 is 2.43 bits per heavy atom. The number of hydrogen-bond donors (Lipinski definition) is 5. The molecule has 210 valence electrons. The Morgan fingerprint density at radius 1 is 0.973 bits per heavy atom. The van der Waals surface area contributed by atoms with Crippen LogP contribution >= 0.6 is 11.8 Å². The minimum Gasteiger partial charge on any atom is -0.389 e. The van der Waals surface area contributed by atoms with Crippen LogP contribution in [0.25, 0.3) is 0 Å². The Balaban J connectivity index is 1.36. The first-order valence-electron chi connectivity index (χ1n) is 14.3. The van der Waals surface area contributed by atoms with Crippen LogP contribution in [0.15, 0.2) is 24.3 Å². The third-order valence-electron chi connectivity index (χ3n) is 6.88. The van der Waals surface area contributed by atoms with Crippen LogP contribution in [0.4, 0.5) is 4.79 Å². The fourth-order valence-electron chi connectivity index (χ4n) is 4.68. The highest BCUT2D eigenvalue weighted by molar-refractivity contribution is 8.00. The predicted molar refractivity (Wildman–Crippen MR) is 151 cm³/mol. The number of carbonyl (C=O) groups is 3. The monoisotopic (exact) mass is 536 g/mol. The number of thioether (sulfide) groups is 1. The van der Waals surface area contributed by atoms with E-state index in [-0.39, 0.29) is 36.0 Å². The van der Waals surface area contributed by atoms with Gasteiger partial charge < -0.3 is 15.7 Å². The van der Waals surface area contributed by atoms with Gasteiger partial charge in [0, 0.05) is 23.8 Å². The maximum atomic E-state index is 12.0. The summed E-state index contributed by atoms with van der Waals surface area (Å²) in [6.45, 7) is 2.16. The SMILES string of the molecule is CCCCC[C@H](O)C=CC=CCCCCCCCC(=O)NNC(=O)CCCC[C@H]1SC[C@@H]2NC(=O)N[C@@H]21. The highest BCUT2D eigenvalue weighted by atomic mass is 32.2. The molecule has 2 rings (SSSR count). The van der Waals surface area contributed by atoms with Gasteiger partial charge in [-0.2, -0.15) is 11.8 Å². The Morgan fingerprint density at radius 2 is 1.68 bits per heavy atom. The number of hydrazine groups is 1. The van der Waals surface area contributed by atoms with Gasteiger partial charge in [0.1, 0.15) is 0 Å². The quantitative estimate of drug-likeness (QED) is 0.0713. The molecule has 4 amide bonds. The van der Waals surface area contributed by atoms with E-state index in [4.69, 9.17) is 0 Å². The molecule has 8 nitrogen and oxygen atoms in total. The molecule has 2 saturated heterocycles. The number of aliphatic hydroxyl groups is 1. The number of carbonyl (C=O) groups excluding carboxylic acids is 3. The molecule has 0 radical (unpaired) electrons. The summed E-state index contributed by atoms with van der Waals surface area (Å²) >= 11 is 1.88. The molecule has 0 aromatic carbocycles. The van der Waals surface area contributed by atoms with Gasteiger partial charge in [-0.05, 0) is 38.5 Å². The van der Waals surface area contributed by atoms with Gasteiger partial charge in [0.25, 0.3) is 0 Å². The van der Waals surface area contributed by atoms with E-state index in [1.807, 2.05) is 30.0 Å². The summed E-state index contributed by atoms with van der Waals surface area (Å²) in [6, 6.07) is 0.366. The molecule has 4 atom stereocenters. The van der Waals surface area contributed by atoms with Gasteiger partial charge in [-0.3, -0.25) is 20.4 Å². The first-order valence-corrected chi connectivity index (χ1v) is 15.3. The summed E-state index contributed by atoms with van der Waals surface area (Å²) in [5, 5.41) is 16.2. The highest BCUT2D eigenvalue weighted by Crippen LogP contribution is 2.33. The summed E-state index contributed by atoms with van der Waals surface area (Å²) in [5.74, 6) is 0.648. The van der Waals surface area contributed by atoms with Crippen LogP contribution in [0.5, 0.6) is 0 Å². The molecule has 2 fully saturated rings. The summed E-state index contributed by atoms with van der Waals surface area (Å²) in [6.07, 6.45) is 21.6. The number of nitrogens with one attached hydrogen (secondary N) is 4. The van der Waals surface area contributed by atoms with Crippen LogP contribution in [0, 0.1) is 0 Å². The number of unbranched alkanes of at least 4 members (excludes halogenated alkanes) is 8. The van der Waals surface area contributed by atoms with E-state index < -0.39 is 0 Å². The second-order valence-electron chi connectivity index (χ2n) is 10.1. The zero-order chi connectivity index (χ0) is 26.7. The highest BCUT2D eigenvalue weighted by Gasteiger charge is 2.42. The topological polar surface area (TPSA) is 120 Å². The summed E-state index contributed by atoms with van der Waals surface area (Å²) < 4.78 is 0. The zero-order valence-corrected chi connectivity index (χ0v) is 23.3. The summed E-state index contributed by atoms with van der Waals surface area (Å²) in [4.78, 5) is 35.3. The molecule has 2 heterocycles. The molecule has 2 aliphatic rings. The number of allylic oxidation sites excluding steroid dienone is 3. The lowest BCUT2D eigenvalue weighted by Gasteiger charge is -2.16. The average molecular weight is 537 g/mol. The molecule has 37 heavy (non-hydrogen) atoms. The van der Waals surface area contributed by atoms with Crippen LogP contribution in [0.3, 0.4) is 0 Å². The number of urea groups is 1. The standard InChI is InChI=1S/C28H48N4O4S/c1-2-3-11-16-22(33)17-12-9-7-5-4-6-8-10-13-19-25(34)31-32-26(35)20-15-14-18-24-27-23(21-37-24)29-28(36)30-27/h7,9,12,17,22-24,27,33H,2-6,8,10-11,13-16,18-21H2,1H3,(H,31,34)(H,32,35)(H2,29,30,36)/t22-,23-,24+,27-/m0/s1. The maximum absolute atomic E-state index is 12.0. The van der Waals surface area contributed by atoms with E-state index >= 15 is 0 Å². The molecule has 0 unspecified atom stereocenters. The summed E-state index contributed by atoms with van der Waals surface area (Å²) in [7, 11) is 0. The molecule has 0 saturated carbocycles. The summed E-state index contributed by atoms with van der Waals surface area (Å²) in [5.41, 5.74) is 5.04. The van der Waals surface area contributed by atoms with Crippen LogP contribution in [0.2, 0.25) is 0 Å². The number of hydrogen-bond acceptors (Lipinski definition) is 5. The van der Waals surface area contributed by atoms with Crippen LogP contribution in [-0.4, -0.2) is 52.1 Å². The third kappa shape index (κ3) is 13.9. The molecule has 0 aromatic rings. The minimum atomic E-state index is -0.335. The van der Waals surface area contributed by atoms with Crippen molar-refractivity contribution in [1.82, 2.24) is 21.5 Å². The molecular formula is C28H48N4O4S. The van der Waals surface area contributed by atoms with E-state index in [2.05, 4.69) is 34.5 Å². The first-order chi connectivity index (χ1) is 18.0. The van der Waals surface area contributed by atoms with Crippen molar-refractivity contribution in [1.29, 1.82) is 0 Å². The van der Waals surface area contributed by atoms with Gasteiger partial charge >= 0.3 is 6.03 Å². The van der Waals surface area contributed by atoms with Crippen LogP contribution in [-0.2, 0) is 9.59 Å². The van der Waals surface area contributed by atoms with Crippen molar-refractivity contribution in [2.45, 2.75) is 127 Å². The number of fused-ring (bicyclic) bond motifs is 1. The van der Waals surface area contributed by atoms with E-state index in [9.17, 15) is 19.5 Å². The smallest absolute Gasteiger partial charge is 0.315 e. The normalized spacial score (nSPS) is 21.7. The number of amides is 4. The number of rotatable bonds is 19. The molecule has 0 spiro atoms. The Labute approximate surface area is 227 Å². The largest absolute Gasteiger partial charge is 0.389 e. The Kier molecular flexibility index (Phi) is 16.1. The number of aliphatic hydroxyl groups excluding tert-OH is 1. The lowest BCUT2D eigenvalue weighted by atomic mass is 10.0. The van der Waals surface area contributed by atoms with Crippen molar-refractivity contribution >= 4 is 29.6 Å². The fourth-order valence-corrected chi connectivity index (χ4v) is 6.23. The fraction of sp³-hybridized carbons (Fsp3) is 0.750. The van der Waals surface area contributed by atoms with Gasteiger partial charge in [0.05, 0.1) is 18.2 Å². The van der Waals surface area contributed by atoms with Crippen LogP contribution in [0.1, 0.15) is 103 Å². The maximum Gasteiger partial charge on any atom is 0.315 e. The van der Waals surface area contributed by atoms with Crippen molar-refractivity contribution in [3.63, 3.8) is 0 Å². The van der Waals surface area contributed by atoms with E-state index in [0.717, 1.165) is 76.4 Å².